The van der Waals surface area contributed by atoms with Crippen LogP contribution in [0.5, 0.6) is 0 Å². The number of likely N-dealkylation sites (tertiary alicyclic amines) is 1. The molecule has 0 aromatic rings. The van der Waals surface area contributed by atoms with Gasteiger partial charge >= 0.3 is 29.6 Å². The molecular formula is C10H20NNaO. The predicted molar refractivity (Wildman–Crippen MR) is 57.3 cm³/mol. The number of ketones is 1. The molecule has 0 spiro atoms. The Balaban J connectivity index is 0.00000144. The Morgan fingerprint density at radius 1 is 1.08 bits per heavy atom. The third kappa shape index (κ3) is 2.79. The van der Waals surface area contributed by atoms with Gasteiger partial charge in [-0.05, 0) is 34.7 Å². The van der Waals surface area contributed by atoms with Crippen molar-refractivity contribution in [1.29, 1.82) is 0 Å². The van der Waals surface area contributed by atoms with E-state index in [0.29, 0.717) is 18.6 Å². The molecule has 2 nitrogen and oxygen atoms in total. The van der Waals surface area contributed by atoms with Gasteiger partial charge in [0.2, 0.25) is 0 Å². The number of rotatable bonds is 0. The van der Waals surface area contributed by atoms with Crippen molar-refractivity contribution in [2.75, 3.05) is 7.05 Å². The van der Waals surface area contributed by atoms with Crippen molar-refractivity contribution >= 4 is 35.3 Å². The van der Waals surface area contributed by atoms with E-state index in [2.05, 4.69) is 39.6 Å². The molecule has 1 saturated heterocycles. The molecule has 0 unspecified atom stereocenters. The molecule has 0 amide bonds. The molecule has 1 fully saturated rings. The van der Waals surface area contributed by atoms with Crippen LogP contribution in [0, 0.1) is 0 Å². The van der Waals surface area contributed by atoms with Crippen molar-refractivity contribution in [3.05, 3.63) is 0 Å². The maximum absolute atomic E-state index is 11.4. The van der Waals surface area contributed by atoms with Crippen molar-refractivity contribution in [1.82, 2.24) is 4.90 Å². The summed E-state index contributed by atoms with van der Waals surface area (Å²) in [5, 5.41) is 0. The van der Waals surface area contributed by atoms with Gasteiger partial charge < -0.3 is 0 Å². The zero-order chi connectivity index (χ0) is 9.57. The molecule has 1 rings (SSSR count). The summed E-state index contributed by atoms with van der Waals surface area (Å²) < 4.78 is 0. The summed E-state index contributed by atoms with van der Waals surface area (Å²) in [6, 6.07) is 0. The van der Waals surface area contributed by atoms with Crippen LogP contribution >= 0.6 is 0 Å². The monoisotopic (exact) mass is 193 g/mol. The van der Waals surface area contributed by atoms with E-state index in [1.54, 1.807) is 0 Å². The predicted octanol–water partition coefficient (Wildman–Crippen LogP) is 1.19. The number of hydrogen-bond acceptors (Lipinski definition) is 2. The molecule has 1 aliphatic heterocycles. The normalized spacial score (nSPS) is 26.7. The van der Waals surface area contributed by atoms with Crippen molar-refractivity contribution in [2.24, 2.45) is 0 Å². The number of carbonyl (C=O) groups excluding carboxylic acids is 1. The van der Waals surface area contributed by atoms with Crippen molar-refractivity contribution in [3.8, 4) is 0 Å². The van der Waals surface area contributed by atoms with E-state index in [1.165, 1.54) is 0 Å². The van der Waals surface area contributed by atoms with E-state index in [4.69, 9.17) is 0 Å². The van der Waals surface area contributed by atoms with Crippen LogP contribution in [0.3, 0.4) is 0 Å². The quantitative estimate of drug-likeness (QED) is 0.539. The topological polar surface area (TPSA) is 20.3 Å². The van der Waals surface area contributed by atoms with Crippen LogP contribution in [-0.4, -0.2) is 58.4 Å². The van der Waals surface area contributed by atoms with Crippen LogP contribution < -0.4 is 0 Å². The van der Waals surface area contributed by atoms with E-state index < -0.39 is 0 Å². The minimum atomic E-state index is 0. The van der Waals surface area contributed by atoms with Crippen molar-refractivity contribution in [3.63, 3.8) is 0 Å². The Bertz CT molecular complexity index is 191. The molecular weight excluding hydrogens is 173 g/mol. The Kier molecular flexibility index (Phi) is 4.21. The summed E-state index contributed by atoms with van der Waals surface area (Å²) in [6.45, 7) is 8.52. The van der Waals surface area contributed by atoms with Crippen LogP contribution in [0.4, 0.5) is 0 Å². The fourth-order valence-electron chi connectivity index (χ4n) is 2.08. The molecule has 0 aromatic carbocycles. The average Bonchev–Trinajstić information content (AvgIpc) is 1.80. The molecule has 72 valence electrons. The average molecular weight is 193 g/mol. The Labute approximate surface area is 103 Å². The number of nitrogens with zero attached hydrogens (tertiary/aromatic N) is 1. The Morgan fingerprint density at radius 2 is 1.38 bits per heavy atom. The molecule has 0 saturated carbocycles. The van der Waals surface area contributed by atoms with Gasteiger partial charge in [-0.3, -0.25) is 9.69 Å². The van der Waals surface area contributed by atoms with Crippen molar-refractivity contribution < 1.29 is 4.79 Å². The number of carbonyl (C=O) groups is 1. The summed E-state index contributed by atoms with van der Waals surface area (Å²) in [4.78, 5) is 13.7. The van der Waals surface area contributed by atoms with E-state index in [9.17, 15) is 4.79 Å². The van der Waals surface area contributed by atoms with E-state index in [0.717, 1.165) is 0 Å². The summed E-state index contributed by atoms with van der Waals surface area (Å²) in [5.41, 5.74) is 0.0532. The third-order valence-electron chi connectivity index (χ3n) is 3.08. The molecule has 0 aliphatic carbocycles. The molecule has 0 radical (unpaired) electrons. The zero-order valence-electron chi connectivity index (χ0n) is 8.77. The van der Waals surface area contributed by atoms with Gasteiger partial charge in [0.25, 0.3) is 0 Å². The van der Waals surface area contributed by atoms with Gasteiger partial charge in [-0.2, -0.15) is 0 Å². The summed E-state index contributed by atoms with van der Waals surface area (Å²) in [5.74, 6) is 0.392. The molecule has 0 atom stereocenters. The van der Waals surface area contributed by atoms with Crippen LogP contribution in [0.15, 0.2) is 0 Å². The van der Waals surface area contributed by atoms with Gasteiger partial charge in [0, 0.05) is 23.9 Å². The summed E-state index contributed by atoms with van der Waals surface area (Å²) >= 11 is 0. The Morgan fingerprint density at radius 3 is 1.69 bits per heavy atom. The first kappa shape index (κ1) is 13.6. The van der Waals surface area contributed by atoms with Crippen LogP contribution in [0.25, 0.3) is 0 Å². The van der Waals surface area contributed by atoms with Gasteiger partial charge in [0.1, 0.15) is 5.78 Å². The SMILES string of the molecule is CN1C(C)(C)CC(=O)CC1(C)C.[NaH]. The van der Waals surface area contributed by atoms with E-state index >= 15 is 0 Å². The second-order valence-electron chi connectivity index (χ2n) is 5.08. The van der Waals surface area contributed by atoms with Gasteiger partial charge in [0.15, 0.2) is 0 Å². The Hall–Kier alpha value is 0.630. The standard InChI is InChI=1S/C10H19NO.Na.H/c1-9(2)6-8(12)7-10(3,4)11(9)5;;/h6-7H2,1-5H3;;. The second-order valence-corrected chi connectivity index (χ2v) is 5.08. The van der Waals surface area contributed by atoms with Gasteiger partial charge in [0.05, 0.1) is 0 Å². The van der Waals surface area contributed by atoms with Crippen molar-refractivity contribution in [2.45, 2.75) is 51.6 Å². The molecule has 3 heteroatoms. The fourth-order valence-corrected chi connectivity index (χ4v) is 2.08. The van der Waals surface area contributed by atoms with Crippen LogP contribution in [0.2, 0.25) is 0 Å². The molecule has 0 aromatic heterocycles. The molecule has 1 heterocycles. The summed E-state index contributed by atoms with van der Waals surface area (Å²) in [6.07, 6.45) is 1.37. The third-order valence-corrected chi connectivity index (χ3v) is 3.08. The first-order chi connectivity index (χ1) is 5.26. The summed E-state index contributed by atoms with van der Waals surface area (Å²) in [7, 11) is 2.10. The van der Waals surface area contributed by atoms with Gasteiger partial charge in [-0.25, -0.2) is 0 Å². The number of Topliss-reactive ketones (excluding diaryl/α,β-unsaturated/α-hetero) is 1. The van der Waals surface area contributed by atoms with Crippen LogP contribution in [0.1, 0.15) is 40.5 Å². The first-order valence-electron chi connectivity index (χ1n) is 4.51. The second kappa shape index (κ2) is 4.01. The maximum atomic E-state index is 11.4. The fraction of sp³-hybridized carbons (Fsp3) is 0.900. The van der Waals surface area contributed by atoms with E-state index in [1.807, 2.05) is 0 Å². The first-order valence-corrected chi connectivity index (χ1v) is 4.51. The van der Waals surface area contributed by atoms with Crippen LogP contribution in [-0.2, 0) is 4.79 Å². The molecule has 0 bridgehead atoms. The van der Waals surface area contributed by atoms with Gasteiger partial charge in [-0.15, -0.1) is 0 Å². The molecule has 13 heavy (non-hydrogen) atoms. The van der Waals surface area contributed by atoms with E-state index in [-0.39, 0.29) is 40.6 Å². The zero-order valence-corrected chi connectivity index (χ0v) is 8.77. The molecule has 1 aliphatic rings. The minimum absolute atomic E-state index is 0. The number of piperidine rings is 1. The van der Waals surface area contributed by atoms with Gasteiger partial charge in [-0.1, -0.05) is 0 Å². The number of hydrogen-bond donors (Lipinski definition) is 0. The molecule has 0 N–H and O–H groups in total.